The molecule has 0 saturated heterocycles. The van der Waals surface area contributed by atoms with E-state index >= 15 is 0 Å². The Bertz CT molecular complexity index is 1280. The summed E-state index contributed by atoms with van der Waals surface area (Å²) in [6.45, 7) is 3.89. The first-order valence-electron chi connectivity index (χ1n) is 9.88. The first kappa shape index (κ1) is 25.4. The average molecular weight is 506 g/mol. The van der Waals surface area contributed by atoms with E-state index in [-0.39, 0.29) is 12.1 Å². The van der Waals surface area contributed by atoms with Gasteiger partial charge in [0.05, 0.1) is 22.2 Å². The van der Waals surface area contributed by atoms with Gasteiger partial charge in [-0.15, -0.1) is 4.72 Å². The Balaban J connectivity index is 2.13. The number of carbonyl (C=O) groups is 1. The van der Waals surface area contributed by atoms with Crippen LogP contribution in [0.5, 0.6) is 0 Å². The van der Waals surface area contributed by atoms with Gasteiger partial charge in [-0.1, -0.05) is 23.7 Å². The normalized spacial score (nSPS) is 14.0. The topological polar surface area (TPSA) is 71.3 Å². The van der Waals surface area contributed by atoms with E-state index in [1.54, 1.807) is 30.5 Å². The Hall–Kier alpha value is -2.27. The fourth-order valence-corrected chi connectivity index (χ4v) is 4.52. The number of alkyl halides is 3. The number of aryl methyl sites for hydroxylation is 2. The zero-order chi connectivity index (χ0) is 24.7. The first-order valence-corrected chi connectivity index (χ1v) is 12.2. The molecule has 178 valence electrons. The molecule has 2 N–H and O–H groups in total. The van der Waals surface area contributed by atoms with E-state index in [4.69, 9.17) is 11.6 Å². The van der Waals surface area contributed by atoms with Crippen LogP contribution >= 0.6 is 11.6 Å². The molecule has 1 aromatic heterocycles. The number of halogens is 5. The lowest BCUT2D eigenvalue weighted by atomic mass is 9.97. The van der Waals surface area contributed by atoms with Crippen LogP contribution in [0.3, 0.4) is 0 Å². The molecule has 1 unspecified atom stereocenters. The lowest BCUT2D eigenvalue weighted by molar-refractivity contribution is -0.140. The van der Waals surface area contributed by atoms with Crippen molar-refractivity contribution in [1.82, 2.24) is 9.29 Å². The van der Waals surface area contributed by atoms with Gasteiger partial charge in [-0.25, -0.2) is 4.39 Å². The molecule has 11 heteroatoms. The number of nitrogens with zero attached hydrogens (tertiary/aromatic N) is 1. The quantitative estimate of drug-likeness (QED) is 0.184. The zero-order valence-electron chi connectivity index (χ0n) is 18.0. The molecule has 0 aliphatic heterocycles. The molecule has 0 radical (unpaired) electrons. The lowest BCUT2D eigenvalue weighted by Crippen LogP contribution is -2.29. The van der Waals surface area contributed by atoms with Gasteiger partial charge in [-0.3, -0.25) is 4.79 Å². The summed E-state index contributed by atoms with van der Waals surface area (Å²) >= 11 is 6.27. The van der Waals surface area contributed by atoms with Gasteiger partial charge in [-0.05, 0) is 48.2 Å². The summed E-state index contributed by atoms with van der Waals surface area (Å²) in [5.74, 6) is -2.49. The monoisotopic (exact) mass is 505 g/mol. The number of hydrogen-bond acceptors (Lipinski definition) is 2. The van der Waals surface area contributed by atoms with E-state index in [0.29, 0.717) is 46.2 Å². The van der Waals surface area contributed by atoms with Crippen LogP contribution in [0.1, 0.15) is 39.2 Å². The van der Waals surface area contributed by atoms with Gasteiger partial charge in [-0.2, -0.15) is 17.7 Å². The van der Waals surface area contributed by atoms with Crippen molar-refractivity contribution in [3.05, 3.63) is 69.1 Å². The number of fused-ring (bicyclic) bond motifs is 1. The second-order valence-corrected chi connectivity index (χ2v) is 10.0. The predicted molar refractivity (Wildman–Crippen MR) is 120 cm³/mol. The summed E-state index contributed by atoms with van der Waals surface area (Å²) in [6, 6.07) is 5.77. The highest BCUT2D eigenvalue weighted by Crippen LogP contribution is 2.36. The fraction of sp³-hybridized carbons (Fsp3) is 0.318. The number of hydrogen-bond donors (Lipinski definition) is 2. The Morgan fingerprint density at radius 2 is 1.88 bits per heavy atom. The standard InChI is InChI=1S/C22H21ClF4N2O3S/c1-12-17(23)9-8-14-18(13(2)29(20(12)14)11-5-10-28-33(3,31)32)21(30)15-6-4-7-16(19(15)24)22(25,26)27/h4,6-9H,5,10-11H2,1-3H3,(H-,28,31,32)/p+1. The highest BCUT2D eigenvalue weighted by molar-refractivity contribution is 7.95. The molecule has 3 rings (SSSR count). The molecule has 0 saturated carbocycles. The molecule has 2 aromatic carbocycles. The van der Waals surface area contributed by atoms with Crippen LogP contribution < -0.4 is 4.72 Å². The van der Waals surface area contributed by atoms with Crippen LogP contribution in [0.4, 0.5) is 17.6 Å². The van der Waals surface area contributed by atoms with Gasteiger partial charge in [0.15, 0.2) is 12.0 Å². The van der Waals surface area contributed by atoms with Crippen LogP contribution in [0.2, 0.25) is 5.02 Å². The Kier molecular flexibility index (Phi) is 7.05. The van der Waals surface area contributed by atoms with Crippen LogP contribution in [0, 0.1) is 19.7 Å². The predicted octanol–water partition coefficient (Wildman–Crippen LogP) is 5.80. The number of rotatable bonds is 7. The molecule has 1 heterocycles. The van der Waals surface area contributed by atoms with E-state index in [1.165, 1.54) is 0 Å². The molecular formula is C22H22ClF4N2O3S+. The van der Waals surface area contributed by atoms with Gasteiger partial charge in [0, 0.05) is 29.2 Å². The Labute approximate surface area is 194 Å². The first-order chi connectivity index (χ1) is 15.2. The summed E-state index contributed by atoms with van der Waals surface area (Å²) in [5, 5.41) is 0.862. The second-order valence-electron chi connectivity index (χ2n) is 7.73. The molecule has 0 bridgehead atoms. The van der Waals surface area contributed by atoms with Gasteiger partial charge in [0.25, 0.3) is 10.4 Å². The number of nitrogens with one attached hydrogen (secondary N) is 1. The molecule has 0 aliphatic carbocycles. The zero-order valence-corrected chi connectivity index (χ0v) is 19.6. The maximum absolute atomic E-state index is 14.7. The van der Waals surface area contributed by atoms with Crippen LogP contribution in [-0.4, -0.2) is 27.7 Å². The molecule has 3 aromatic rings. The van der Waals surface area contributed by atoms with Crippen molar-refractivity contribution in [2.45, 2.75) is 33.0 Å². The minimum Gasteiger partial charge on any atom is -0.344 e. The largest absolute Gasteiger partial charge is 0.419 e. The number of benzene rings is 2. The van der Waals surface area contributed by atoms with Gasteiger partial charge < -0.3 is 4.57 Å². The fourth-order valence-electron chi connectivity index (χ4n) is 3.85. The Morgan fingerprint density at radius 1 is 1.21 bits per heavy atom. The third kappa shape index (κ3) is 5.13. The van der Waals surface area contributed by atoms with Crippen molar-refractivity contribution in [3.63, 3.8) is 0 Å². The molecule has 0 aliphatic rings. The van der Waals surface area contributed by atoms with Crippen LogP contribution in [0.25, 0.3) is 10.9 Å². The molecule has 0 spiro atoms. The summed E-state index contributed by atoms with van der Waals surface area (Å²) < 4.78 is 79.3. The van der Waals surface area contributed by atoms with Crippen molar-refractivity contribution in [2.75, 3.05) is 12.8 Å². The number of carbonyl (C=O) groups excluding carboxylic acids is 1. The Morgan fingerprint density at radius 3 is 2.48 bits per heavy atom. The summed E-state index contributed by atoms with van der Waals surface area (Å²) in [7, 11) is -3.13. The van der Waals surface area contributed by atoms with E-state index < -0.39 is 39.3 Å². The van der Waals surface area contributed by atoms with E-state index in [2.05, 4.69) is 4.72 Å². The van der Waals surface area contributed by atoms with E-state index in [0.717, 1.165) is 18.4 Å². The second kappa shape index (κ2) is 9.17. The highest BCUT2D eigenvalue weighted by Gasteiger charge is 2.36. The third-order valence-corrected chi connectivity index (χ3v) is 6.52. The number of aromatic nitrogens is 1. The van der Waals surface area contributed by atoms with Gasteiger partial charge in [0.2, 0.25) is 0 Å². The highest BCUT2D eigenvalue weighted by atomic mass is 35.5. The maximum atomic E-state index is 14.7. The summed E-state index contributed by atoms with van der Waals surface area (Å²) in [6.07, 6.45) is -3.38. The molecule has 5 nitrogen and oxygen atoms in total. The van der Waals surface area contributed by atoms with Crippen molar-refractivity contribution < 1.29 is 31.1 Å². The molecular weight excluding hydrogens is 484 g/mol. The molecule has 0 fully saturated rings. The van der Waals surface area contributed by atoms with Crippen LogP contribution in [0.15, 0.2) is 30.3 Å². The van der Waals surface area contributed by atoms with E-state index in [9.17, 15) is 31.1 Å². The smallest absolute Gasteiger partial charge is 0.344 e. The summed E-state index contributed by atoms with van der Waals surface area (Å²) in [5.41, 5.74) is -0.428. The van der Waals surface area contributed by atoms with E-state index in [1.807, 2.05) is 0 Å². The minimum absolute atomic E-state index is 0.0809. The van der Waals surface area contributed by atoms with Gasteiger partial charge >= 0.3 is 6.18 Å². The van der Waals surface area contributed by atoms with Crippen molar-refractivity contribution >= 4 is 38.7 Å². The van der Waals surface area contributed by atoms with Crippen molar-refractivity contribution in [3.8, 4) is 0 Å². The number of ketones is 1. The van der Waals surface area contributed by atoms with Crippen molar-refractivity contribution in [1.29, 1.82) is 0 Å². The average Bonchev–Trinajstić information content (AvgIpc) is 2.98. The van der Waals surface area contributed by atoms with Gasteiger partial charge in [0.1, 0.15) is 5.82 Å². The lowest BCUT2D eigenvalue weighted by Gasteiger charge is -2.11. The molecule has 0 amide bonds. The SMILES string of the molecule is Cc1c(Cl)ccc2c(C(=O)c3cccc(C(F)(F)F)c3F)c(C)n(CCCN[S+](C)(=O)O)c12. The maximum Gasteiger partial charge on any atom is 0.419 e. The van der Waals surface area contributed by atoms with Crippen molar-refractivity contribution in [2.24, 2.45) is 0 Å². The third-order valence-electron chi connectivity index (χ3n) is 5.38. The molecule has 33 heavy (non-hydrogen) atoms. The minimum atomic E-state index is -4.94. The van der Waals surface area contributed by atoms with Crippen LogP contribution in [-0.2, 0) is 27.3 Å². The summed E-state index contributed by atoms with van der Waals surface area (Å²) in [4.78, 5) is 13.3. The molecule has 1 atom stereocenters.